The molecule has 2 heteroatoms. The largest absolute Gasteiger partial charge is 0.393 e. The molecule has 0 saturated heterocycles. The van der Waals surface area contributed by atoms with Crippen molar-refractivity contribution in [3.8, 4) is 0 Å². The van der Waals surface area contributed by atoms with Gasteiger partial charge in [-0.3, -0.25) is 0 Å². The summed E-state index contributed by atoms with van der Waals surface area (Å²) in [6.45, 7) is 2.20. The van der Waals surface area contributed by atoms with Gasteiger partial charge in [-0.1, -0.05) is 111 Å². The molecule has 0 spiro atoms. The molecule has 0 aliphatic rings. The van der Waals surface area contributed by atoms with Gasteiger partial charge in [-0.05, 0) is 48.7 Å². The fraction of sp³-hybridized carbons (Fsp3) is 0.308. The molecule has 0 aliphatic carbocycles. The van der Waals surface area contributed by atoms with Crippen LogP contribution in [0.5, 0.6) is 0 Å². The third kappa shape index (κ3) is 6.03. The summed E-state index contributed by atoms with van der Waals surface area (Å²) in [5.41, 5.74) is 1.31. The van der Waals surface area contributed by atoms with Crippen LogP contribution >= 0.6 is 7.92 Å². The summed E-state index contributed by atoms with van der Waals surface area (Å²) < 4.78 is 0. The van der Waals surface area contributed by atoms with Crippen LogP contribution in [-0.4, -0.2) is 11.2 Å². The molecule has 1 unspecified atom stereocenters. The van der Waals surface area contributed by atoms with E-state index in [2.05, 4.69) is 91.9 Å². The Labute approximate surface area is 171 Å². The first-order chi connectivity index (χ1) is 13.8. The third-order valence-corrected chi connectivity index (χ3v) is 7.57. The highest BCUT2D eigenvalue weighted by Gasteiger charge is 2.16. The Morgan fingerprint density at radius 3 is 1.75 bits per heavy atom. The van der Waals surface area contributed by atoms with Crippen molar-refractivity contribution < 1.29 is 5.11 Å². The fourth-order valence-corrected chi connectivity index (χ4v) is 5.80. The van der Waals surface area contributed by atoms with Gasteiger partial charge in [0, 0.05) is 0 Å². The van der Waals surface area contributed by atoms with Gasteiger partial charge in [-0.25, -0.2) is 0 Å². The van der Waals surface area contributed by atoms with E-state index in [1.807, 2.05) is 0 Å². The minimum atomic E-state index is -0.540. The number of aliphatic hydroxyl groups excluding tert-OH is 1. The van der Waals surface area contributed by atoms with Crippen LogP contribution in [0.1, 0.15) is 44.6 Å². The summed E-state index contributed by atoms with van der Waals surface area (Å²) in [5, 5.41) is 14.3. The van der Waals surface area contributed by atoms with Gasteiger partial charge in [0.05, 0.1) is 6.10 Å². The second-order valence-corrected chi connectivity index (χ2v) is 9.58. The highest BCUT2D eigenvalue weighted by molar-refractivity contribution is 7.79. The molecule has 0 heterocycles. The SMILES string of the molecule is CCCCCC(O)CCc1ccc(P(c2ccccc2)c2ccccc2)cc1. The third-order valence-electron chi connectivity index (χ3n) is 5.13. The fourth-order valence-electron chi connectivity index (χ4n) is 3.52. The molecule has 0 aliphatic heterocycles. The molecule has 1 atom stereocenters. The van der Waals surface area contributed by atoms with E-state index in [0.717, 1.165) is 25.7 Å². The highest BCUT2D eigenvalue weighted by Crippen LogP contribution is 2.32. The standard InChI is InChI=1S/C26H31OP/c1-2-3-6-11-23(27)19-16-22-17-20-26(21-18-22)28(24-12-7-4-8-13-24)25-14-9-5-10-15-25/h4-5,7-10,12-15,17-18,20-21,23,27H,2-3,6,11,16,19H2,1H3. The lowest BCUT2D eigenvalue weighted by Crippen LogP contribution is -2.20. The summed E-state index contributed by atoms with van der Waals surface area (Å²) in [7, 11) is -0.540. The molecule has 3 rings (SSSR count). The van der Waals surface area contributed by atoms with Gasteiger partial charge in [0.1, 0.15) is 0 Å². The van der Waals surface area contributed by atoms with E-state index in [1.54, 1.807) is 0 Å². The van der Waals surface area contributed by atoms with Crippen molar-refractivity contribution in [2.24, 2.45) is 0 Å². The predicted octanol–water partition coefficient (Wildman–Crippen LogP) is 5.32. The molecule has 0 saturated carbocycles. The lowest BCUT2D eigenvalue weighted by Gasteiger charge is -2.19. The summed E-state index contributed by atoms with van der Waals surface area (Å²) in [5.74, 6) is 0. The Kier molecular flexibility index (Phi) is 8.27. The summed E-state index contributed by atoms with van der Waals surface area (Å²) in [6, 6.07) is 30.7. The first-order valence-electron chi connectivity index (χ1n) is 10.4. The van der Waals surface area contributed by atoms with Crippen molar-refractivity contribution in [3.63, 3.8) is 0 Å². The topological polar surface area (TPSA) is 20.2 Å². The van der Waals surface area contributed by atoms with Crippen molar-refractivity contribution in [3.05, 3.63) is 90.5 Å². The van der Waals surface area contributed by atoms with Crippen LogP contribution in [0.2, 0.25) is 0 Å². The van der Waals surface area contributed by atoms with Gasteiger partial charge >= 0.3 is 0 Å². The summed E-state index contributed by atoms with van der Waals surface area (Å²) >= 11 is 0. The molecule has 28 heavy (non-hydrogen) atoms. The van der Waals surface area contributed by atoms with Gasteiger partial charge in [0.2, 0.25) is 0 Å². The number of hydrogen-bond donors (Lipinski definition) is 1. The lowest BCUT2D eigenvalue weighted by atomic mass is 10.0. The van der Waals surface area contributed by atoms with Crippen molar-refractivity contribution in [2.75, 3.05) is 0 Å². The zero-order valence-electron chi connectivity index (χ0n) is 16.8. The number of rotatable bonds is 10. The molecule has 3 aromatic rings. The molecule has 146 valence electrons. The Balaban J connectivity index is 1.71. The zero-order valence-corrected chi connectivity index (χ0v) is 17.7. The van der Waals surface area contributed by atoms with E-state index in [0.29, 0.717) is 0 Å². The van der Waals surface area contributed by atoms with Crippen LogP contribution in [-0.2, 0) is 6.42 Å². The molecular weight excluding hydrogens is 359 g/mol. The van der Waals surface area contributed by atoms with Crippen molar-refractivity contribution >= 4 is 23.8 Å². The molecule has 0 amide bonds. The first-order valence-corrected chi connectivity index (χ1v) is 11.8. The maximum absolute atomic E-state index is 10.2. The van der Waals surface area contributed by atoms with E-state index in [9.17, 15) is 5.11 Å². The van der Waals surface area contributed by atoms with Crippen LogP contribution in [0.15, 0.2) is 84.9 Å². The van der Waals surface area contributed by atoms with Gasteiger partial charge in [-0.2, -0.15) is 0 Å². The molecule has 0 bridgehead atoms. The quantitative estimate of drug-likeness (QED) is 0.367. The Bertz CT molecular complexity index is 759. The van der Waals surface area contributed by atoms with Crippen LogP contribution in [0.3, 0.4) is 0 Å². The van der Waals surface area contributed by atoms with Gasteiger partial charge in [0.25, 0.3) is 0 Å². The maximum Gasteiger partial charge on any atom is 0.0543 e. The van der Waals surface area contributed by atoms with Crippen LogP contribution in [0, 0.1) is 0 Å². The molecule has 1 nitrogen and oxygen atoms in total. The van der Waals surface area contributed by atoms with Crippen LogP contribution < -0.4 is 15.9 Å². The summed E-state index contributed by atoms with van der Waals surface area (Å²) in [4.78, 5) is 0. The summed E-state index contributed by atoms with van der Waals surface area (Å²) in [6.07, 6.45) is 6.12. The number of benzene rings is 3. The number of hydrogen-bond acceptors (Lipinski definition) is 1. The highest BCUT2D eigenvalue weighted by atomic mass is 31.1. The number of aliphatic hydroxyl groups is 1. The Morgan fingerprint density at radius 1 is 0.679 bits per heavy atom. The van der Waals surface area contributed by atoms with Crippen LogP contribution in [0.25, 0.3) is 0 Å². The molecule has 0 fully saturated rings. The van der Waals surface area contributed by atoms with Gasteiger partial charge in [-0.15, -0.1) is 0 Å². The minimum absolute atomic E-state index is 0.169. The van der Waals surface area contributed by atoms with E-state index < -0.39 is 7.92 Å². The van der Waals surface area contributed by atoms with Gasteiger partial charge in [0.15, 0.2) is 0 Å². The predicted molar refractivity (Wildman–Crippen MR) is 124 cm³/mol. The average molecular weight is 391 g/mol. The molecule has 0 radical (unpaired) electrons. The Morgan fingerprint density at radius 2 is 1.21 bits per heavy atom. The van der Waals surface area contributed by atoms with E-state index in [4.69, 9.17) is 0 Å². The van der Waals surface area contributed by atoms with E-state index in [-0.39, 0.29) is 6.10 Å². The molecule has 3 aromatic carbocycles. The van der Waals surface area contributed by atoms with Crippen molar-refractivity contribution in [1.82, 2.24) is 0 Å². The molecule has 0 aromatic heterocycles. The van der Waals surface area contributed by atoms with Crippen molar-refractivity contribution in [1.29, 1.82) is 0 Å². The minimum Gasteiger partial charge on any atom is -0.393 e. The van der Waals surface area contributed by atoms with Crippen LogP contribution in [0.4, 0.5) is 0 Å². The van der Waals surface area contributed by atoms with Gasteiger partial charge < -0.3 is 5.11 Å². The number of aryl methyl sites for hydroxylation is 1. The molecular formula is C26H31OP. The smallest absolute Gasteiger partial charge is 0.0543 e. The average Bonchev–Trinajstić information content (AvgIpc) is 2.75. The normalized spacial score (nSPS) is 12.2. The molecule has 1 N–H and O–H groups in total. The maximum atomic E-state index is 10.2. The number of unbranched alkanes of at least 4 members (excludes halogenated alkanes) is 2. The second kappa shape index (κ2) is 11.1. The van der Waals surface area contributed by atoms with E-state index in [1.165, 1.54) is 34.3 Å². The first kappa shape index (κ1) is 20.8. The Hall–Kier alpha value is -1.95. The zero-order chi connectivity index (χ0) is 19.6. The second-order valence-electron chi connectivity index (χ2n) is 7.36. The lowest BCUT2D eigenvalue weighted by molar-refractivity contribution is 0.151. The monoisotopic (exact) mass is 390 g/mol. The van der Waals surface area contributed by atoms with Crippen molar-refractivity contribution in [2.45, 2.75) is 51.6 Å². The van der Waals surface area contributed by atoms with E-state index >= 15 is 0 Å².